The highest BCUT2D eigenvalue weighted by molar-refractivity contribution is 8.01. The number of carbonyl (C=O) groups is 1. The van der Waals surface area contributed by atoms with Crippen LogP contribution >= 0.6 is 23.1 Å². The Labute approximate surface area is 174 Å². The zero-order chi connectivity index (χ0) is 19.9. The highest BCUT2D eigenvalue weighted by Gasteiger charge is 2.09. The number of thioether (sulfide) groups is 1. The second-order valence-corrected chi connectivity index (χ2v) is 8.86. The summed E-state index contributed by atoms with van der Waals surface area (Å²) in [6.07, 6.45) is 1.02. The minimum Gasteiger partial charge on any atom is -0.330 e. The lowest BCUT2D eigenvalue weighted by molar-refractivity contribution is -0.113. The molecule has 2 N–H and O–H groups in total. The van der Waals surface area contributed by atoms with E-state index in [1.54, 1.807) is 0 Å². The van der Waals surface area contributed by atoms with E-state index in [1.807, 2.05) is 36.4 Å². The minimum atomic E-state index is -0.0536. The van der Waals surface area contributed by atoms with Crippen LogP contribution in [-0.4, -0.2) is 21.9 Å². The summed E-state index contributed by atoms with van der Waals surface area (Å²) in [5.74, 6) is 0.721. The molecular formula is C21H24N4OS2. The summed E-state index contributed by atoms with van der Waals surface area (Å²) in [6, 6.07) is 16.2. The van der Waals surface area contributed by atoms with Crippen molar-refractivity contribution < 1.29 is 4.79 Å². The number of hydrogen-bond donors (Lipinski definition) is 2. The lowest BCUT2D eigenvalue weighted by Gasteiger charge is -2.08. The summed E-state index contributed by atoms with van der Waals surface area (Å²) in [4.78, 5) is 12.2. The van der Waals surface area contributed by atoms with Crippen LogP contribution in [0.5, 0.6) is 0 Å². The average molecular weight is 413 g/mol. The maximum Gasteiger partial charge on any atom is 0.234 e. The molecule has 0 bridgehead atoms. The maximum atomic E-state index is 12.2. The van der Waals surface area contributed by atoms with Crippen LogP contribution in [0.4, 0.5) is 16.5 Å². The van der Waals surface area contributed by atoms with Gasteiger partial charge in [-0.25, -0.2) is 0 Å². The Kier molecular flexibility index (Phi) is 7.06. The van der Waals surface area contributed by atoms with Gasteiger partial charge in [-0.1, -0.05) is 68.1 Å². The second kappa shape index (κ2) is 9.71. The molecule has 0 saturated heterocycles. The topological polar surface area (TPSA) is 66.9 Å². The molecule has 0 atom stereocenters. The number of rotatable bonds is 8. The molecule has 146 valence electrons. The third kappa shape index (κ3) is 5.81. The number of aromatic nitrogens is 2. The number of aryl methyl sites for hydroxylation is 1. The summed E-state index contributed by atoms with van der Waals surface area (Å²) in [6.45, 7) is 6.43. The van der Waals surface area contributed by atoms with Crippen LogP contribution in [-0.2, 0) is 11.2 Å². The lowest BCUT2D eigenvalue weighted by atomic mass is 10.0. The predicted octanol–water partition coefficient (Wildman–Crippen LogP) is 5.70. The second-order valence-electron chi connectivity index (χ2n) is 6.66. The van der Waals surface area contributed by atoms with Gasteiger partial charge < -0.3 is 10.6 Å². The molecule has 5 nitrogen and oxygen atoms in total. The number of benzene rings is 2. The van der Waals surface area contributed by atoms with Gasteiger partial charge in [0, 0.05) is 11.4 Å². The fourth-order valence-electron chi connectivity index (χ4n) is 2.54. The number of hydrogen-bond acceptors (Lipinski definition) is 6. The predicted molar refractivity (Wildman–Crippen MR) is 119 cm³/mol. The van der Waals surface area contributed by atoms with Gasteiger partial charge in [0.1, 0.15) is 0 Å². The minimum absolute atomic E-state index is 0.0536. The molecule has 3 rings (SSSR count). The standard InChI is InChI=1S/C21H24N4OS2/c1-4-15-5-9-18(10-6-15)23-20-24-25-21(28-20)27-13-19(26)22-17-11-7-16(8-12-17)14(2)3/h5-12,14H,4,13H2,1-3H3,(H,22,26)(H,23,24). The van der Waals surface area contributed by atoms with Crippen molar-refractivity contribution in [3.05, 3.63) is 59.7 Å². The Morgan fingerprint density at radius 3 is 2.36 bits per heavy atom. The Morgan fingerprint density at radius 2 is 1.71 bits per heavy atom. The summed E-state index contributed by atoms with van der Waals surface area (Å²) in [5.41, 5.74) is 4.34. The van der Waals surface area contributed by atoms with Crippen molar-refractivity contribution >= 4 is 45.5 Å². The van der Waals surface area contributed by atoms with Gasteiger partial charge in [0.15, 0.2) is 4.34 Å². The molecule has 0 saturated carbocycles. The zero-order valence-corrected chi connectivity index (χ0v) is 17.9. The third-order valence-electron chi connectivity index (χ3n) is 4.21. The van der Waals surface area contributed by atoms with E-state index >= 15 is 0 Å². The fraction of sp³-hybridized carbons (Fsp3) is 0.286. The molecule has 0 aliphatic heterocycles. The number of nitrogens with one attached hydrogen (secondary N) is 2. The maximum absolute atomic E-state index is 12.2. The first kappa shape index (κ1) is 20.4. The summed E-state index contributed by atoms with van der Waals surface area (Å²) in [5, 5.41) is 15.2. The first-order valence-electron chi connectivity index (χ1n) is 9.25. The van der Waals surface area contributed by atoms with Crippen LogP contribution in [0.15, 0.2) is 52.9 Å². The first-order valence-corrected chi connectivity index (χ1v) is 11.1. The quantitative estimate of drug-likeness (QED) is 0.465. The van der Waals surface area contributed by atoms with Gasteiger partial charge in [-0.3, -0.25) is 4.79 Å². The Hall–Kier alpha value is -2.38. The van der Waals surface area contributed by atoms with E-state index in [2.05, 4.69) is 53.7 Å². The van der Waals surface area contributed by atoms with Crippen LogP contribution in [0.3, 0.4) is 0 Å². The van der Waals surface area contributed by atoms with Gasteiger partial charge in [0.2, 0.25) is 11.0 Å². The smallest absolute Gasteiger partial charge is 0.234 e. The molecule has 0 aliphatic carbocycles. The summed E-state index contributed by atoms with van der Waals surface area (Å²) in [7, 11) is 0. The largest absolute Gasteiger partial charge is 0.330 e. The molecule has 7 heteroatoms. The van der Waals surface area contributed by atoms with Crippen molar-refractivity contribution in [3.63, 3.8) is 0 Å². The lowest BCUT2D eigenvalue weighted by Crippen LogP contribution is -2.13. The van der Waals surface area contributed by atoms with E-state index in [1.165, 1.54) is 34.2 Å². The third-order valence-corrected chi connectivity index (χ3v) is 6.18. The molecule has 0 unspecified atom stereocenters. The Bertz CT molecular complexity index is 905. The van der Waals surface area contributed by atoms with Crippen LogP contribution < -0.4 is 10.6 Å². The summed E-state index contributed by atoms with van der Waals surface area (Å²) < 4.78 is 0.762. The molecule has 28 heavy (non-hydrogen) atoms. The van der Waals surface area contributed by atoms with Crippen molar-refractivity contribution in [2.45, 2.75) is 37.4 Å². The first-order chi connectivity index (χ1) is 13.5. The van der Waals surface area contributed by atoms with Gasteiger partial charge >= 0.3 is 0 Å². The van der Waals surface area contributed by atoms with Crippen LogP contribution in [0.25, 0.3) is 0 Å². The molecule has 3 aromatic rings. The number of anilines is 3. The van der Waals surface area contributed by atoms with Gasteiger partial charge in [-0.2, -0.15) is 0 Å². The van der Waals surface area contributed by atoms with E-state index < -0.39 is 0 Å². The van der Waals surface area contributed by atoms with Gasteiger partial charge in [-0.15, -0.1) is 10.2 Å². The normalized spacial score (nSPS) is 10.9. The van der Waals surface area contributed by atoms with Crippen LogP contribution in [0, 0.1) is 0 Å². The van der Waals surface area contributed by atoms with Crippen molar-refractivity contribution in [2.75, 3.05) is 16.4 Å². The number of nitrogens with zero attached hydrogens (tertiary/aromatic N) is 2. The highest BCUT2D eigenvalue weighted by atomic mass is 32.2. The molecule has 1 heterocycles. The number of carbonyl (C=O) groups excluding carboxylic acids is 1. The fourth-order valence-corrected chi connectivity index (χ4v) is 4.11. The van der Waals surface area contributed by atoms with Crippen molar-refractivity contribution in [1.82, 2.24) is 10.2 Å². The van der Waals surface area contributed by atoms with Gasteiger partial charge in [-0.05, 0) is 47.7 Å². The monoisotopic (exact) mass is 412 g/mol. The molecule has 0 aliphatic rings. The average Bonchev–Trinajstić information content (AvgIpc) is 3.15. The van der Waals surface area contributed by atoms with Crippen molar-refractivity contribution in [2.24, 2.45) is 0 Å². The van der Waals surface area contributed by atoms with Crippen LogP contribution in [0.2, 0.25) is 0 Å². The van der Waals surface area contributed by atoms with Gasteiger partial charge in [0.25, 0.3) is 0 Å². The molecule has 0 radical (unpaired) electrons. The van der Waals surface area contributed by atoms with Crippen LogP contribution in [0.1, 0.15) is 37.8 Å². The van der Waals surface area contributed by atoms with Crippen molar-refractivity contribution in [1.29, 1.82) is 0 Å². The summed E-state index contributed by atoms with van der Waals surface area (Å²) >= 11 is 2.83. The molecule has 2 aromatic carbocycles. The SMILES string of the molecule is CCc1ccc(Nc2nnc(SCC(=O)Nc3ccc(C(C)C)cc3)s2)cc1. The van der Waals surface area contributed by atoms with E-state index in [0.29, 0.717) is 11.7 Å². The zero-order valence-electron chi connectivity index (χ0n) is 16.2. The van der Waals surface area contributed by atoms with E-state index in [-0.39, 0.29) is 5.91 Å². The Morgan fingerprint density at radius 1 is 1.04 bits per heavy atom. The molecular weight excluding hydrogens is 388 g/mol. The Balaban J connectivity index is 1.48. The van der Waals surface area contributed by atoms with Crippen molar-refractivity contribution in [3.8, 4) is 0 Å². The molecule has 1 aromatic heterocycles. The highest BCUT2D eigenvalue weighted by Crippen LogP contribution is 2.28. The van der Waals surface area contributed by atoms with E-state index in [4.69, 9.17) is 0 Å². The van der Waals surface area contributed by atoms with Gasteiger partial charge in [0.05, 0.1) is 5.75 Å². The van der Waals surface area contributed by atoms with E-state index in [0.717, 1.165) is 27.3 Å². The molecule has 0 spiro atoms. The molecule has 0 fully saturated rings. The molecule has 1 amide bonds. The van der Waals surface area contributed by atoms with E-state index in [9.17, 15) is 4.79 Å². The number of amides is 1.